The summed E-state index contributed by atoms with van der Waals surface area (Å²) in [6.45, 7) is 0. The monoisotopic (exact) mass is 271 g/mol. The van der Waals surface area contributed by atoms with Crippen molar-refractivity contribution < 1.29 is 4.42 Å². The smallest absolute Gasteiger partial charge is 0.223 e. The number of hydrogen-bond acceptors (Lipinski definition) is 2. The first-order valence-corrected chi connectivity index (χ1v) is 7.03. The SMILES string of the molecule is BN(c1ccccc1)c1cccc2c1oc1ccccc12. The van der Waals surface area contributed by atoms with Crippen LogP contribution in [0, 0.1) is 0 Å². The molecule has 100 valence electrons. The fourth-order valence-electron chi connectivity index (χ4n) is 2.79. The van der Waals surface area contributed by atoms with Crippen LogP contribution in [-0.2, 0) is 0 Å². The van der Waals surface area contributed by atoms with Crippen molar-refractivity contribution in [2.75, 3.05) is 4.81 Å². The zero-order valence-electron chi connectivity index (χ0n) is 11.8. The second-order valence-corrected chi connectivity index (χ2v) is 5.15. The fraction of sp³-hybridized carbons (Fsp3) is 0. The average Bonchev–Trinajstić information content (AvgIpc) is 2.94. The highest BCUT2D eigenvalue weighted by Gasteiger charge is 2.13. The Balaban J connectivity index is 1.97. The Morgan fingerprint density at radius 1 is 0.714 bits per heavy atom. The molecule has 0 spiro atoms. The van der Waals surface area contributed by atoms with E-state index in [2.05, 4.69) is 49.2 Å². The highest BCUT2D eigenvalue weighted by atomic mass is 16.3. The van der Waals surface area contributed by atoms with Crippen molar-refractivity contribution in [3.05, 3.63) is 72.8 Å². The molecule has 0 aliphatic heterocycles. The van der Waals surface area contributed by atoms with Crippen molar-refractivity contribution in [2.24, 2.45) is 0 Å². The molecule has 0 radical (unpaired) electrons. The molecule has 0 N–H and O–H groups in total. The number of furan rings is 1. The normalized spacial score (nSPS) is 11.0. The molecule has 1 aromatic heterocycles. The van der Waals surface area contributed by atoms with Crippen molar-refractivity contribution in [3.63, 3.8) is 0 Å². The molecule has 0 saturated carbocycles. The fourth-order valence-corrected chi connectivity index (χ4v) is 2.79. The zero-order chi connectivity index (χ0) is 14.2. The standard InChI is InChI=1S/C18H14BNO/c19-20(13-7-2-1-3-8-13)16-11-6-10-15-14-9-4-5-12-17(14)21-18(15)16/h1-12H,19H2. The molecule has 0 atom stereocenters. The van der Waals surface area contributed by atoms with Crippen molar-refractivity contribution in [1.82, 2.24) is 0 Å². The van der Waals surface area contributed by atoms with Gasteiger partial charge in [0.25, 0.3) is 0 Å². The number of rotatable bonds is 2. The van der Waals surface area contributed by atoms with Gasteiger partial charge in [-0.15, -0.1) is 0 Å². The molecule has 21 heavy (non-hydrogen) atoms. The second-order valence-electron chi connectivity index (χ2n) is 5.15. The molecule has 0 amide bonds. The van der Waals surface area contributed by atoms with E-state index in [0.29, 0.717) is 0 Å². The number of nitrogens with zero attached hydrogens (tertiary/aromatic N) is 1. The van der Waals surface area contributed by atoms with Gasteiger partial charge in [-0.2, -0.15) is 0 Å². The Labute approximate surface area is 124 Å². The molecular weight excluding hydrogens is 257 g/mol. The van der Waals surface area contributed by atoms with Crippen LogP contribution in [0.1, 0.15) is 0 Å². The average molecular weight is 271 g/mol. The summed E-state index contributed by atoms with van der Waals surface area (Å²) < 4.78 is 6.08. The third kappa shape index (κ3) is 1.90. The van der Waals surface area contributed by atoms with Gasteiger partial charge in [0, 0.05) is 16.5 Å². The van der Waals surface area contributed by atoms with Gasteiger partial charge in [-0.05, 0) is 24.3 Å². The van der Waals surface area contributed by atoms with E-state index in [9.17, 15) is 0 Å². The molecule has 0 aliphatic rings. The molecule has 0 bridgehead atoms. The summed E-state index contributed by atoms with van der Waals surface area (Å²) in [5.41, 5.74) is 4.09. The lowest BCUT2D eigenvalue weighted by molar-refractivity contribution is 0.669. The van der Waals surface area contributed by atoms with Crippen molar-refractivity contribution >= 4 is 41.3 Å². The zero-order valence-corrected chi connectivity index (χ0v) is 11.8. The minimum atomic E-state index is 0.932. The van der Waals surface area contributed by atoms with Gasteiger partial charge in [-0.3, -0.25) is 0 Å². The maximum atomic E-state index is 6.08. The first-order chi connectivity index (χ1) is 10.3. The van der Waals surface area contributed by atoms with Crippen LogP contribution in [0.4, 0.5) is 11.4 Å². The first-order valence-electron chi connectivity index (χ1n) is 7.03. The highest BCUT2D eigenvalue weighted by Crippen LogP contribution is 2.36. The lowest BCUT2D eigenvalue weighted by atomic mass is 10.1. The van der Waals surface area contributed by atoms with Crippen LogP contribution in [0.5, 0.6) is 0 Å². The van der Waals surface area contributed by atoms with Crippen LogP contribution < -0.4 is 4.81 Å². The quantitative estimate of drug-likeness (QED) is 0.506. The van der Waals surface area contributed by atoms with Gasteiger partial charge in [0.1, 0.15) is 5.58 Å². The first kappa shape index (κ1) is 12.1. The van der Waals surface area contributed by atoms with E-state index >= 15 is 0 Å². The molecule has 3 aromatic carbocycles. The summed E-state index contributed by atoms with van der Waals surface area (Å²) in [6, 6.07) is 24.8. The second kappa shape index (κ2) is 4.71. The largest absolute Gasteiger partial charge is 0.454 e. The van der Waals surface area contributed by atoms with E-state index in [1.54, 1.807) is 0 Å². The van der Waals surface area contributed by atoms with Gasteiger partial charge >= 0.3 is 0 Å². The highest BCUT2D eigenvalue weighted by molar-refractivity contribution is 6.25. The lowest BCUT2D eigenvalue weighted by Crippen LogP contribution is -2.11. The van der Waals surface area contributed by atoms with Crippen molar-refractivity contribution in [1.29, 1.82) is 0 Å². The van der Waals surface area contributed by atoms with Gasteiger partial charge in [-0.1, -0.05) is 48.5 Å². The van der Waals surface area contributed by atoms with E-state index in [4.69, 9.17) is 4.42 Å². The topological polar surface area (TPSA) is 16.4 Å². The van der Waals surface area contributed by atoms with Crippen LogP contribution in [0.2, 0.25) is 0 Å². The van der Waals surface area contributed by atoms with E-state index in [1.807, 2.05) is 36.4 Å². The van der Waals surface area contributed by atoms with Gasteiger partial charge in [0.15, 0.2) is 5.58 Å². The summed E-state index contributed by atoms with van der Waals surface area (Å²) in [7, 11) is 2.07. The van der Waals surface area contributed by atoms with Crippen LogP contribution in [0.3, 0.4) is 0 Å². The Morgan fingerprint density at radius 3 is 2.29 bits per heavy atom. The van der Waals surface area contributed by atoms with E-state index < -0.39 is 0 Å². The minimum Gasteiger partial charge on any atom is -0.454 e. The number of benzene rings is 3. The van der Waals surface area contributed by atoms with E-state index in [0.717, 1.165) is 33.3 Å². The van der Waals surface area contributed by atoms with Crippen LogP contribution in [0.25, 0.3) is 21.9 Å². The number of para-hydroxylation sites is 3. The van der Waals surface area contributed by atoms with Gasteiger partial charge in [-0.25, -0.2) is 0 Å². The molecule has 1 heterocycles. The Bertz CT molecular complexity index is 914. The molecule has 0 fully saturated rings. The predicted octanol–water partition coefficient (Wildman–Crippen LogP) is 4.27. The summed E-state index contributed by atoms with van der Waals surface area (Å²) in [5.74, 6) is 0. The van der Waals surface area contributed by atoms with Gasteiger partial charge in [0.05, 0.1) is 5.69 Å². The molecule has 4 rings (SSSR count). The summed E-state index contributed by atoms with van der Waals surface area (Å²) in [4.78, 5) is 2.16. The van der Waals surface area contributed by atoms with Crippen LogP contribution in [-0.4, -0.2) is 7.98 Å². The van der Waals surface area contributed by atoms with E-state index in [-0.39, 0.29) is 0 Å². The number of anilines is 2. The molecule has 3 heteroatoms. The predicted molar refractivity (Wildman–Crippen MR) is 90.8 cm³/mol. The van der Waals surface area contributed by atoms with Crippen molar-refractivity contribution in [2.45, 2.75) is 0 Å². The van der Waals surface area contributed by atoms with Crippen LogP contribution >= 0.6 is 0 Å². The maximum absolute atomic E-state index is 6.08. The Hall–Kier alpha value is -2.68. The maximum Gasteiger partial charge on any atom is 0.223 e. The minimum absolute atomic E-state index is 0.932. The molecular formula is C18H14BNO. The third-order valence-electron chi connectivity index (χ3n) is 3.89. The molecule has 0 aliphatic carbocycles. The summed E-state index contributed by atoms with van der Waals surface area (Å²) in [6.07, 6.45) is 0. The molecule has 0 unspecified atom stereocenters. The molecule has 4 aromatic rings. The summed E-state index contributed by atoms with van der Waals surface area (Å²) in [5, 5.41) is 2.32. The van der Waals surface area contributed by atoms with Crippen molar-refractivity contribution in [3.8, 4) is 0 Å². The van der Waals surface area contributed by atoms with E-state index in [1.165, 1.54) is 0 Å². The Kier molecular flexibility index (Phi) is 2.71. The lowest BCUT2D eigenvalue weighted by Gasteiger charge is -2.20. The molecule has 2 nitrogen and oxygen atoms in total. The van der Waals surface area contributed by atoms with Gasteiger partial charge in [0.2, 0.25) is 7.98 Å². The third-order valence-corrected chi connectivity index (χ3v) is 3.89. The van der Waals surface area contributed by atoms with Gasteiger partial charge < -0.3 is 9.23 Å². The number of fused-ring (bicyclic) bond motifs is 3. The molecule has 0 saturated heterocycles. The van der Waals surface area contributed by atoms with Crippen LogP contribution in [0.15, 0.2) is 77.2 Å². The summed E-state index contributed by atoms with van der Waals surface area (Å²) >= 11 is 0. The Morgan fingerprint density at radius 2 is 1.43 bits per heavy atom. The number of hydrogen-bond donors (Lipinski definition) is 0.